The first-order chi connectivity index (χ1) is 13.5. The van der Waals surface area contributed by atoms with Crippen LogP contribution in [-0.2, 0) is 10.0 Å². The van der Waals surface area contributed by atoms with Crippen molar-refractivity contribution < 1.29 is 18.3 Å². The number of hydrogen-bond donors (Lipinski definition) is 1. The summed E-state index contributed by atoms with van der Waals surface area (Å²) in [4.78, 5) is 4.53. The van der Waals surface area contributed by atoms with E-state index in [0.29, 0.717) is 29.3 Å². The molecule has 1 aliphatic rings. The van der Waals surface area contributed by atoms with Crippen LogP contribution in [-0.4, -0.2) is 29.6 Å². The van der Waals surface area contributed by atoms with Crippen LogP contribution in [0.3, 0.4) is 0 Å². The molecule has 1 fully saturated rings. The van der Waals surface area contributed by atoms with Crippen LogP contribution in [0.5, 0.6) is 5.88 Å². The zero-order chi connectivity index (χ0) is 19.7. The van der Waals surface area contributed by atoms with Crippen molar-refractivity contribution in [3.05, 3.63) is 54.2 Å². The van der Waals surface area contributed by atoms with Gasteiger partial charge >= 0.3 is 0 Å². The van der Waals surface area contributed by atoms with Gasteiger partial charge in [0.25, 0.3) is 10.0 Å². The number of hydrogen-bond acceptors (Lipinski definition) is 5. The lowest BCUT2D eigenvalue weighted by atomic mass is 9.98. The lowest BCUT2D eigenvalue weighted by Gasteiger charge is -2.18. The zero-order valence-corrected chi connectivity index (χ0v) is 16.6. The summed E-state index contributed by atoms with van der Waals surface area (Å²) in [5, 5.41) is 11.6. The first-order valence-electron chi connectivity index (χ1n) is 9.56. The van der Waals surface area contributed by atoms with Crippen molar-refractivity contribution in [3.63, 3.8) is 0 Å². The minimum absolute atomic E-state index is 0.159. The number of rotatable bonds is 6. The van der Waals surface area contributed by atoms with Gasteiger partial charge in [0.05, 0.1) is 23.8 Å². The summed E-state index contributed by atoms with van der Waals surface area (Å²) < 4.78 is 33.3. The van der Waals surface area contributed by atoms with E-state index in [0.717, 1.165) is 12.8 Å². The van der Waals surface area contributed by atoms with Crippen molar-refractivity contribution in [2.45, 2.75) is 43.1 Å². The van der Waals surface area contributed by atoms with Crippen LogP contribution in [0.25, 0.3) is 11.0 Å². The average molecular weight is 401 g/mol. The van der Waals surface area contributed by atoms with E-state index in [4.69, 9.17) is 4.74 Å². The lowest BCUT2D eigenvalue weighted by Crippen LogP contribution is -2.19. The highest BCUT2D eigenvalue weighted by Crippen LogP contribution is 2.36. The van der Waals surface area contributed by atoms with E-state index < -0.39 is 16.1 Å². The van der Waals surface area contributed by atoms with Gasteiger partial charge in [0.15, 0.2) is 5.65 Å². The summed E-state index contributed by atoms with van der Waals surface area (Å²) >= 11 is 0. The third kappa shape index (κ3) is 3.40. The molecule has 4 rings (SSSR count). The fraction of sp³-hybridized carbons (Fsp3) is 0.381. The van der Waals surface area contributed by atoms with Crippen LogP contribution in [0.1, 0.15) is 43.9 Å². The molecule has 1 aromatic carbocycles. The molecule has 0 aliphatic heterocycles. The summed E-state index contributed by atoms with van der Waals surface area (Å²) in [7, 11) is -2.43. The van der Waals surface area contributed by atoms with E-state index in [1.807, 2.05) is 0 Å². The Bertz CT molecular complexity index is 1070. The fourth-order valence-electron chi connectivity index (χ4n) is 4.04. The van der Waals surface area contributed by atoms with Crippen LogP contribution in [0.4, 0.5) is 0 Å². The van der Waals surface area contributed by atoms with Crippen molar-refractivity contribution in [2.24, 2.45) is 5.92 Å². The van der Waals surface area contributed by atoms with Crippen LogP contribution >= 0.6 is 0 Å². The monoisotopic (exact) mass is 400 g/mol. The Morgan fingerprint density at radius 3 is 2.57 bits per heavy atom. The number of methoxy groups -OCH3 is 1. The van der Waals surface area contributed by atoms with Crippen molar-refractivity contribution >= 4 is 21.1 Å². The summed E-state index contributed by atoms with van der Waals surface area (Å²) in [5.41, 5.74) is 0.621. The van der Waals surface area contributed by atoms with E-state index >= 15 is 0 Å². The van der Waals surface area contributed by atoms with Gasteiger partial charge in [-0.2, -0.15) is 4.98 Å². The second kappa shape index (κ2) is 7.56. The minimum atomic E-state index is -3.92. The number of fused-ring (bicyclic) bond motifs is 1. The molecule has 1 atom stereocenters. The number of ether oxygens (including phenoxy) is 1. The van der Waals surface area contributed by atoms with Gasteiger partial charge < -0.3 is 9.84 Å². The van der Waals surface area contributed by atoms with Crippen molar-refractivity contribution in [1.29, 1.82) is 0 Å². The van der Waals surface area contributed by atoms with Gasteiger partial charge in [0, 0.05) is 11.5 Å². The van der Waals surface area contributed by atoms with Gasteiger partial charge in [-0.3, -0.25) is 0 Å². The number of aliphatic hydroxyl groups excluding tert-OH is 1. The average Bonchev–Trinajstić information content (AvgIpc) is 3.35. The molecule has 2 aromatic heterocycles. The summed E-state index contributed by atoms with van der Waals surface area (Å²) in [5.74, 6) is 0.746. The molecule has 2 heterocycles. The maximum absolute atomic E-state index is 13.4. The highest BCUT2D eigenvalue weighted by atomic mass is 32.2. The van der Waals surface area contributed by atoms with E-state index in [-0.39, 0.29) is 10.5 Å². The SMILES string of the molecule is COc1ccc2cc(C(O)CC3CCCC3)n(S(=O)(=O)c3ccccc3)c2n1. The summed E-state index contributed by atoms with van der Waals surface area (Å²) in [6, 6.07) is 13.4. The molecule has 1 aliphatic carbocycles. The molecular formula is C21H24N2O4S. The van der Waals surface area contributed by atoms with E-state index in [2.05, 4.69) is 4.98 Å². The number of nitrogens with zero attached hydrogens (tertiary/aromatic N) is 2. The molecule has 0 saturated heterocycles. The molecule has 0 radical (unpaired) electrons. The highest BCUT2D eigenvalue weighted by Gasteiger charge is 2.29. The van der Waals surface area contributed by atoms with Gasteiger partial charge in [-0.05, 0) is 36.6 Å². The Kier molecular flexibility index (Phi) is 5.12. The molecule has 6 nitrogen and oxygen atoms in total. The van der Waals surface area contributed by atoms with E-state index in [1.54, 1.807) is 48.5 Å². The van der Waals surface area contributed by atoms with Crippen molar-refractivity contribution in [3.8, 4) is 5.88 Å². The minimum Gasteiger partial charge on any atom is -0.481 e. The molecule has 0 bridgehead atoms. The predicted molar refractivity (Wildman–Crippen MR) is 107 cm³/mol. The number of pyridine rings is 1. The molecule has 1 saturated carbocycles. The number of benzene rings is 1. The van der Waals surface area contributed by atoms with Gasteiger partial charge in [0.2, 0.25) is 5.88 Å². The topological polar surface area (TPSA) is 81.4 Å². The lowest BCUT2D eigenvalue weighted by molar-refractivity contribution is 0.140. The predicted octanol–water partition coefficient (Wildman–Crippen LogP) is 3.90. The normalized spacial score (nSPS) is 16.5. The largest absolute Gasteiger partial charge is 0.481 e. The van der Waals surface area contributed by atoms with Crippen molar-refractivity contribution in [2.75, 3.05) is 7.11 Å². The maximum Gasteiger partial charge on any atom is 0.269 e. The molecule has 0 amide bonds. The Morgan fingerprint density at radius 2 is 1.89 bits per heavy atom. The van der Waals surface area contributed by atoms with Crippen LogP contribution < -0.4 is 4.74 Å². The standard InChI is InChI=1S/C21H24N2O4S/c1-27-20-12-11-16-14-18(19(24)13-15-7-5-6-8-15)23(21(16)22-20)28(25,26)17-9-3-2-4-10-17/h2-4,9-12,14-15,19,24H,5-8,13H2,1H3. The smallest absolute Gasteiger partial charge is 0.269 e. The van der Waals surface area contributed by atoms with Crippen LogP contribution in [0, 0.1) is 5.92 Å². The molecule has 3 aromatic rings. The molecule has 1 N–H and O–H groups in total. The van der Waals surface area contributed by atoms with E-state index in [9.17, 15) is 13.5 Å². The van der Waals surface area contributed by atoms with E-state index in [1.165, 1.54) is 23.9 Å². The van der Waals surface area contributed by atoms with Gasteiger partial charge in [-0.25, -0.2) is 12.4 Å². The Labute approximate surface area is 164 Å². The van der Waals surface area contributed by atoms with Gasteiger partial charge in [0.1, 0.15) is 0 Å². The summed E-state index contributed by atoms with van der Waals surface area (Å²) in [6.07, 6.45) is 4.17. The van der Waals surface area contributed by atoms with Crippen molar-refractivity contribution in [1.82, 2.24) is 8.96 Å². The molecule has 0 spiro atoms. The maximum atomic E-state index is 13.4. The molecule has 7 heteroatoms. The Morgan fingerprint density at radius 1 is 1.18 bits per heavy atom. The third-order valence-electron chi connectivity index (χ3n) is 5.47. The molecular weight excluding hydrogens is 376 g/mol. The third-order valence-corrected chi connectivity index (χ3v) is 7.21. The molecule has 1 unspecified atom stereocenters. The van der Waals surface area contributed by atoms with Gasteiger partial charge in [-0.1, -0.05) is 43.9 Å². The van der Waals surface area contributed by atoms with Crippen LogP contribution in [0.2, 0.25) is 0 Å². The number of aliphatic hydroxyl groups is 1. The fourth-order valence-corrected chi connectivity index (χ4v) is 5.57. The second-order valence-electron chi connectivity index (χ2n) is 7.32. The summed E-state index contributed by atoms with van der Waals surface area (Å²) in [6.45, 7) is 0. The number of aromatic nitrogens is 2. The highest BCUT2D eigenvalue weighted by molar-refractivity contribution is 7.90. The Hall–Kier alpha value is -2.38. The first kappa shape index (κ1) is 19.0. The second-order valence-corrected chi connectivity index (χ2v) is 9.11. The van der Waals surface area contributed by atoms with Gasteiger partial charge in [-0.15, -0.1) is 0 Å². The molecule has 28 heavy (non-hydrogen) atoms. The Balaban J connectivity index is 1.88. The molecule has 148 valence electrons. The quantitative estimate of drug-likeness (QED) is 0.679. The first-order valence-corrected chi connectivity index (χ1v) is 11.0. The van der Waals surface area contributed by atoms with Crippen LogP contribution in [0.15, 0.2) is 53.4 Å². The zero-order valence-electron chi connectivity index (χ0n) is 15.8.